The number of hydrogen-bond acceptors (Lipinski definition) is 4. The van der Waals surface area contributed by atoms with E-state index in [9.17, 15) is 4.79 Å². The van der Waals surface area contributed by atoms with Crippen molar-refractivity contribution in [2.75, 3.05) is 6.61 Å². The van der Waals surface area contributed by atoms with Gasteiger partial charge in [-0.3, -0.25) is 4.79 Å². The number of carbonyl (C=O) groups is 1. The molecule has 0 N–H and O–H groups in total. The molecule has 140 valence electrons. The lowest BCUT2D eigenvalue weighted by molar-refractivity contribution is -0.157. The monoisotopic (exact) mass is 364 g/mol. The molecule has 0 unspecified atom stereocenters. The van der Waals surface area contributed by atoms with Crippen molar-refractivity contribution in [2.24, 2.45) is 5.16 Å². The van der Waals surface area contributed by atoms with Crippen LogP contribution in [-0.2, 0) is 20.8 Å². The van der Waals surface area contributed by atoms with E-state index < -0.39 is 11.8 Å². The molecule has 4 rings (SSSR count). The zero-order valence-corrected chi connectivity index (χ0v) is 15.7. The second-order valence-corrected chi connectivity index (χ2v) is 7.51. The van der Waals surface area contributed by atoms with Crippen LogP contribution in [0.2, 0.25) is 0 Å². The second kappa shape index (κ2) is 7.16. The zero-order valence-electron chi connectivity index (χ0n) is 15.7. The predicted molar refractivity (Wildman–Crippen MR) is 103 cm³/mol. The van der Waals surface area contributed by atoms with E-state index >= 15 is 0 Å². The first-order valence-electron chi connectivity index (χ1n) is 9.34. The number of oxime groups is 1. The first kappa shape index (κ1) is 17.7. The van der Waals surface area contributed by atoms with E-state index in [1.807, 2.05) is 67.3 Å². The molecule has 2 aliphatic heterocycles. The van der Waals surface area contributed by atoms with E-state index in [1.165, 1.54) is 5.56 Å². The van der Waals surface area contributed by atoms with Gasteiger partial charge in [-0.15, -0.1) is 0 Å². The van der Waals surface area contributed by atoms with Crippen LogP contribution in [-0.4, -0.2) is 41.0 Å². The Morgan fingerprint density at radius 1 is 1.11 bits per heavy atom. The molecule has 5 heteroatoms. The molecular formula is C22H24N2O3. The summed E-state index contributed by atoms with van der Waals surface area (Å²) in [6.07, 6.45) is 0.641. The summed E-state index contributed by atoms with van der Waals surface area (Å²) in [5.41, 5.74) is 2.34. The number of hydrogen-bond donors (Lipinski definition) is 0. The number of ether oxygens (including phenoxy) is 1. The maximum absolute atomic E-state index is 13.3. The summed E-state index contributed by atoms with van der Waals surface area (Å²) >= 11 is 0. The van der Waals surface area contributed by atoms with Crippen LogP contribution in [0.4, 0.5) is 0 Å². The smallest absolute Gasteiger partial charge is 0.269 e. The minimum Gasteiger partial charge on any atom is -0.382 e. The van der Waals surface area contributed by atoms with Gasteiger partial charge in [-0.05, 0) is 31.4 Å². The molecule has 2 heterocycles. The molecule has 2 aromatic carbocycles. The zero-order chi connectivity index (χ0) is 18.9. The van der Waals surface area contributed by atoms with Crippen molar-refractivity contribution >= 4 is 11.6 Å². The minimum atomic E-state index is -0.657. The lowest BCUT2D eigenvalue weighted by atomic mass is 10.0. The first-order valence-corrected chi connectivity index (χ1v) is 9.34. The van der Waals surface area contributed by atoms with Crippen molar-refractivity contribution < 1.29 is 14.4 Å². The molecule has 0 spiro atoms. The summed E-state index contributed by atoms with van der Waals surface area (Å²) in [7, 11) is 0. The third kappa shape index (κ3) is 3.60. The van der Waals surface area contributed by atoms with E-state index in [0.29, 0.717) is 13.0 Å². The van der Waals surface area contributed by atoms with Crippen LogP contribution in [0.3, 0.4) is 0 Å². The number of rotatable bonds is 4. The van der Waals surface area contributed by atoms with E-state index in [4.69, 9.17) is 9.57 Å². The molecule has 0 aromatic heterocycles. The summed E-state index contributed by atoms with van der Waals surface area (Å²) in [4.78, 5) is 20.7. The van der Waals surface area contributed by atoms with Crippen molar-refractivity contribution in [3.63, 3.8) is 0 Å². The van der Waals surface area contributed by atoms with E-state index in [0.717, 1.165) is 17.7 Å². The summed E-state index contributed by atoms with van der Waals surface area (Å²) in [6.45, 7) is 4.39. The van der Waals surface area contributed by atoms with Crippen LogP contribution in [0.1, 0.15) is 31.4 Å². The molecular weight excluding hydrogens is 340 g/mol. The number of carbonyl (C=O) groups excluding carboxylic acids is 1. The van der Waals surface area contributed by atoms with Gasteiger partial charge in [-0.2, -0.15) is 0 Å². The lowest BCUT2D eigenvalue weighted by Gasteiger charge is -2.35. The third-order valence-corrected chi connectivity index (χ3v) is 5.18. The van der Waals surface area contributed by atoms with Gasteiger partial charge < -0.3 is 14.5 Å². The van der Waals surface area contributed by atoms with E-state index in [-0.39, 0.29) is 11.9 Å². The summed E-state index contributed by atoms with van der Waals surface area (Å²) < 4.78 is 5.94. The molecule has 1 amide bonds. The van der Waals surface area contributed by atoms with Crippen molar-refractivity contribution in [1.29, 1.82) is 0 Å². The van der Waals surface area contributed by atoms with Gasteiger partial charge >= 0.3 is 0 Å². The van der Waals surface area contributed by atoms with Gasteiger partial charge in [0.1, 0.15) is 5.72 Å². The Morgan fingerprint density at radius 3 is 2.48 bits per heavy atom. The first-order chi connectivity index (χ1) is 13.0. The molecule has 2 atom stereocenters. The summed E-state index contributed by atoms with van der Waals surface area (Å²) in [5.74, 6) is -0.0619. The molecule has 27 heavy (non-hydrogen) atoms. The molecule has 1 saturated heterocycles. The summed E-state index contributed by atoms with van der Waals surface area (Å²) in [6, 6.07) is 20.0. The predicted octanol–water partition coefficient (Wildman–Crippen LogP) is 3.39. The molecule has 1 fully saturated rings. The van der Waals surface area contributed by atoms with Crippen molar-refractivity contribution in [1.82, 2.24) is 4.90 Å². The molecule has 2 aliphatic rings. The maximum Gasteiger partial charge on any atom is 0.269 e. The fourth-order valence-electron chi connectivity index (χ4n) is 3.83. The summed E-state index contributed by atoms with van der Waals surface area (Å²) in [5, 5.41) is 4.16. The Balaban J connectivity index is 1.49. The molecule has 0 radical (unpaired) electrons. The minimum absolute atomic E-state index is 0.0146. The SMILES string of the molecule is CC1(C)OC[C@H](Cc2ccccc2)N1C(=O)[C@H]1CC(c2ccccc2)=NO1. The molecule has 2 aromatic rings. The normalized spacial score (nSPS) is 23.8. The van der Waals surface area contributed by atoms with Crippen LogP contribution < -0.4 is 0 Å². The number of nitrogens with zero attached hydrogens (tertiary/aromatic N) is 2. The Labute approximate surface area is 159 Å². The van der Waals surface area contributed by atoms with Gasteiger partial charge in [0.2, 0.25) is 6.10 Å². The highest BCUT2D eigenvalue weighted by molar-refractivity contribution is 6.04. The number of amides is 1. The van der Waals surface area contributed by atoms with Crippen molar-refractivity contribution in [3.8, 4) is 0 Å². The Kier molecular flexibility index (Phi) is 4.70. The standard InChI is InChI=1S/C22H24N2O3/c1-22(2)24(18(15-26-22)13-16-9-5-3-6-10-16)21(25)20-14-19(23-27-20)17-11-7-4-8-12-17/h3-12,18,20H,13-15H2,1-2H3/t18-,20+/m0/s1. The van der Waals surface area contributed by atoms with E-state index in [1.54, 1.807) is 0 Å². The third-order valence-electron chi connectivity index (χ3n) is 5.18. The van der Waals surface area contributed by atoms with Crippen molar-refractivity contribution in [3.05, 3.63) is 71.8 Å². The molecule has 0 aliphatic carbocycles. The van der Waals surface area contributed by atoms with Crippen LogP contribution in [0.25, 0.3) is 0 Å². The Morgan fingerprint density at radius 2 is 1.78 bits per heavy atom. The molecule has 5 nitrogen and oxygen atoms in total. The largest absolute Gasteiger partial charge is 0.382 e. The highest BCUT2D eigenvalue weighted by atomic mass is 16.6. The quantitative estimate of drug-likeness (QED) is 0.836. The van der Waals surface area contributed by atoms with Crippen LogP contribution >= 0.6 is 0 Å². The topological polar surface area (TPSA) is 51.1 Å². The van der Waals surface area contributed by atoms with Gasteiger partial charge in [0.15, 0.2) is 0 Å². The fraction of sp³-hybridized carbons (Fsp3) is 0.364. The maximum atomic E-state index is 13.3. The Hall–Kier alpha value is -2.66. The van der Waals surface area contributed by atoms with E-state index in [2.05, 4.69) is 17.3 Å². The van der Waals surface area contributed by atoms with Gasteiger partial charge in [-0.25, -0.2) is 0 Å². The van der Waals surface area contributed by atoms with Crippen molar-refractivity contribution in [2.45, 2.75) is 44.6 Å². The van der Waals surface area contributed by atoms with Gasteiger partial charge in [0.05, 0.1) is 18.4 Å². The Bertz CT molecular complexity index is 833. The highest BCUT2D eigenvalue weighted by Gasteiger charge is 2.47. The average Bonchev–Trinajstić information content (AvgIpc) is 3.28. The molecule has 0 bridgehead atoms. The van der Waals surface area contributed by atoms with Gasteiger partial charge in [0.25, 0.3) is 5.91 Å². The van der Waals surface area contributed by atoms with Gasteiger partial charge in [0, 0.05) is 6.42 Å². The molecule has 0 saturated carbocycles. The fourth-order valence-corrected chi connectivity index (χ4v) is 3.83. The highest BCUT2D eigenvalue weighted by Crippen LogP contribution is 2.32. The van der Waals surface area contributed by atoms with Crippen LogP contribution in [0.5, 0.6) is 0 Å². The average molecular weight is 364 g/mol. The van der Waals surface area contributed by atoms with Crippen LogP contribution in [0, 0.1) is 0 Å². The van der Waals surface area contributed by atoms with Gasteiger partial charge in [-0.1, -0.05) is 65.8 Å². The number of benzene rings is 2. The van der Waals surface area contributed by atoms with Crippen LogP contribution in [0.15, 0.2) is 65.8 Å². The lowest BCUT2D eigenvalue weighted by Crippen LogP contribution is -2.52. The second-order valence-electron chi connectivity index (χ2n) is 7.51.